The van der Waals surface area contributed by atoms with Gasteiger partial charge in [-0.05, 0) is 28.4 Å². The Labute approximate surface area is 79.5 Å². The number of nitrogens with zero attached hydrogens (tertiary/aromatic N) is 1. The Balaban J connectivity index is 2.69. The average Bonchev–Trinajstić information content (AvgIpc) is 2.07. The summed E-state index contributed by atoms with van der Waals surface area (Å²) >= 11 is 3.33. The van der Waals surface area contributed by atoms with Gasteiger partial charge in [-0.15, -0.1) is 0 Å². The number of aliphatic hydroxyl groups is 1. The molecule has 1 rings (SSSR count). The molecule has 1 aromatic rings. The van der Waals surface area contributed by atoms with Crippen LogP contribution in [0.15, 0.2) is 16.7 Å². The molecule has 0 aliphatic heterocycles. The number of hydrogen-bond acceptors (Lipinski definition) is 3. The van der Waals surface area contributed by atoms with Crippen LogP contribution in [0.4, 0.5) is 0 Å². The molecule has 0 aromatic carbocycles. The Morgan fingerprint density at radius 1 is 1.67 bits per heavy atom. The van der Waals surface area contributed by atoms with Crippen LogP contribution in [0.1, 0.15) is 5.56 Å². The predicted molar refractivity (Wildman–Crippen MR) is 49.3 cm³/mol. The maximum Gasteiger partial charge on any atom is 0.213 e. The van der Waals surface area contributed by atoms with E-state index in [1.807, 2.05) is 13.0 Å². The number of pyridine rings is 1. The molecular weight excluding hydrogens is 222 g/mol. The summed E-state index contributed by atoms with van der Waals surface area (Å²) in [4.78, 5) is 4.00. The van der Waals surface area contributed by atoms with Gasteiger partial charge in [-0.3, -0.25) is 0 Å². The summed E-state index contributed by atoms with van der Waals surface area (Å²) in [6, 6.07) is 1.82. The fraction of sp³-hybridized carbons (Fsp3) is 0.375. The van der Waals surface area contributed by atoms with E-state index in [2.05, 4.69) is 20.9 Å². The molecule has 0 amide bonds. The highest BCUT2D eigenvalue weighted by Crippen LogP contribution is 2.18. The van der Waals surface area contributed by atoms with E-state index < -0.39 is 0 Å². The summed E-state index contributed by atoms with van der Waals surface area (Å²) in [6.07, 6.45) is 1.68. The Hall–Kier alpha value is -0.610. The molecular formula is C8H10BrNO2. The SMILES string of the molecule is Cc1cc(OCCO)ncc1Br. The molecule has 0 aliphatic rings. The van der Waals surface area contributed by atoms with Gasteiger partial charge in [-0.2, -0.15) is 0 Å². The zero-order valence-corrected chi connectivity index (χ0v) is 8.34. The summed E-state index contributed by atoms with van der Waals surface area (Å²) in [5, 5.41) is 8.49. The third-order valence-electron chi connectivity index (χ3n) is 1.36. The molecule has 0 aliphatic carbocycles. The molecule has 0 atom stereocenters. The Bertz CT molecular complexity index is 265. The van der Waals surface area contributed by atoms with Gasteiger partial charge in [0.25, 0.3) is 0 Å². The number of hydrogen-bond donors (Lipinski definition) is 1. The summed E-state index contributed by atoms with van der Waals surface area (Å²) in [5.74, 6) is 0.546. The molecule has 0 saturated carbocycles. The molecule has 3 nitrogen and oxygen atoms in total. The van der Waals surface area contributed by atoms with Crippen LogP contribution < -0.4 is 4.74 Å². The van der Waals surface area contributed by atoms with Crippen molar-refractivity contribution in [2.75, 3.05) is 13.2 Å². The quantitative estimate of drug-likeness (QED) is 0.859. The lowest BCUT2D eigenvalue weighted by Crippen LogP contribution is -2.03. The highest BCUT2D eigenvalue weighted by atomic mass is 79.9. The molecule has 0 bridgehead atoms. The van der Waals surface area contributed by atoms with Crippen LogP contribution in [-0.4, -0.2) is 23.3 Å². The molecule has 0 radical (unpaired) electrons. The van der Waals surface area contributed by atoms with Crippen molar-refractivity contribution < 1.29 is 9.84 Å². The third-order valence-corrected chi connectivity index (χ3v) is 2.19. The number of aromatic nitrogens is 1. The number of aliphatic hydroxyl groups excluding tert-OH is 1. The Morgan fingerprint density at radius 3 is 3.00 bits per heavy atom. The average molecular weight is 232 g/mol. The van der Waals surface area contributed by atoms with Gasteiger partial charge in [0.15, 0.2) is 0 Å². The van der Waals surface area contributed by atoms with Crippen LogP contribution in [0, 0.1) is 6.92 Å². The van der Waals surface area contributed by atoms with Gasteiger partial charge < -0.3 is 9.84 Å². The third kappa shape index (κ3) is 2.46. The fourth-order valence-corrected chi connectivity index (χ4v) is 0.960. The van der Waals surface area contributed by atoms with Gasteiger partial charge in [0.2, 0.25) is 5.88 Å². The van der Waals surface area contributed by atoms with Crippen LogP contribution >= 0.6 is 15.9 Å². The fourth-order valence-electron chi connectivity index (χ4n) is 0.743. The maximum absolute atomic E-state index is 8.49. The summed E-state index contributed by atoms with van der Waals surface area (Å²) in [5.41, 5.74) is 1.07. The second-order valence-corrected chi connectivity index (χ2v) is 3.20. The largest absolute Gasteiger partial charge is 0.475 e. The van der Waals surface area contributed by atoms with Crippen LogP contribution in [0.2, 0.25) is 0 Å². The van der Waals surface area contributed by atoms with Crippen molar-refractivity contribution in [3.63, 3.8) is 0 Å². The first-order valence-corrected chi connectivity index (χ1v) is 4.39. The second kappa shape index (κ2) is 4.42. The zero-order chi connectivity index (χ0) is 8.97. The van der Waals surface area contributed by atoms with Gasteiger partial charge in [-0.25, -0.2) is 4.98 Å². The molecule has 12 heavy (non-hydrogen) atoms. The first-order chi connectivity index (χ1) is 5.74. The van der Waals surface area contributed by atoms with Gasteiger partial charge in [0.1, 0.15) is 6.61 Å². The first kappa shape index (κ1) is 9.48. The van der Waals surface area contributed by atoms with E-state index in [1.165, 1.54) is 0 Å². The molecule has 66 valence electrons. The van der Waals surface area contributed by atoms with Crippen molar-refractivity contribution >= 4 is 15.9 Å². The molecule has 1 aromatic heterocycles. The minimum atomic E-state index is 0.0107. The van der Waals surface area contributed by atoms with Gasteiger partial charge >= 0.3 is 0 Å². The smallest absolute Gasteiger partial charge is 0.213 e. The summed E-state index contributed by atoms with van der Waals surface area (Å²) in [7, 11) is 0. The normalized spacial score (nSPS) is 9.92. The zero-order valence-electron chi connectivity index (χ0n) is 6.75. The number of aryl methyl sites for hydroxylation is 1. The second-order valence-electron chi connectivity index (χ2n) is 2.34. The van der Waals surface area contributed by atoms with Crippen molar-refractivity contribution in [1.29, 1.82) is 0 Å². The van der Waals surface area contributed by atoms with Crippen LogP contribution in [-0.2, 0) is 0 Å². The Kier molecular flexibility index (Phi) is 3.49. The van der Waals surface area contributed by atoms with Crippen LogP contribution in [0.25, 0.3) is 0 Å². The minimum absolute atomic E-state index is 0.0107. The van der Waals surface area contributed by atoms with E-state index in [0.29, 0.717) is 5.88 Å². The van der Waals surface area contributed by atoms with E-state index in [-0.39, 0.29) is 13.2 Å². The standard InChI is InChI=1S/C8H10BrNO2/c1-6-4-8(12-3-2-11)10-5-7(6)9/h4-5,11H,2-3H2,1H3. The van der Waals surface area contributed by atoms with Crippen LogP contribution in [0.5, 0.6) is 5.88 Å². The van der Waals surface area contributed by atoms with Gasteiger partial charge in [0.05, 0.1) is 6.61 Å². The summed E-state index contributed by atoms with van der Waals surface area (Å²) < 4.78 is 6.07. The maximum atomic E-state index is 8.49. The van der Waals surface area contributed by atoms with E-state index in [9.17, 15) is 0 Å². The van der Waals surface area contributed by atoms with Crippen molar-refractivity contribution in [3.8, 4) is 5.88 Å². The number of rotatable bonds is 3. The van der Waals surface area contributed by atoms with Crippen molar-refractivity contribution in [2.24, 2.45) is 0 Å². The lowest BCUT2D eigenvalue weighted by atomic mass is 10.3. The summed E-state index contributed by atoms with van der Waals surface area (Å²) in [6.45, 7) is 2.25. The molecule has 1 heterocycles. The monoisotopic (exact) mass is 231 g/mol. The van der Waals surface area contributed by atoms with Crippen molar-refractivity contribution in [3.05, 3.63) is 22.3 Å². The van der Waals surface area contributed by atoms with E-state index >= 15 is 0 Å². The van der Waals surface area contributed by atoms with Crippen molar-refractivity contribution in [2.45, 2.75) is 6.92 Å². The lowest BCUT2D eigenvalue weighted by Gasteiger charge is -2.04. The molecule has 0 spiro atoms. The minimum Gasteiger partial charge on any atom is -0.475 e. The van der Waals surface area contributed by atoms with E-state index in [1.54, 1.807) is 6.20 Å². The molecule has 0 saturated heterocycles. The van der Waals surface area contributed by atoms with E-state index in [0.717, 1.165) is 10.0 Å². The topological polar surface area (TPSA) is 42.4 Å². The van der Waals surface area contributed by atoms with Gasteiger partial charge in [0, 0.05) is 16.7 Å². The number of ether oxygens (including phenoxy) is 1. The molecule has 0 fully saturated rings. The number of halogens is 1. The molecule has 1 N–H and O–H groups in total. The molecule has 4 heteroatoms. The van der Waals surface area contributed by atoms with E-state index in [4.69, 9.17) is 9.84 Å². The van der Waals surface area contributed by atoms with Crippen molar-refractivity contribution in [1.82, 2.24) is 4.98 Å². The van der Waals surface area contributed by atoms with Gasteiger partial charge in [-0.1, -0.05) is 0 Å². The van der Waals surface area contributed by atoms with Crippen LogP contribution in [0.3, 0.4) is 0 Å². The lowest BCUT2D eigenvalue weighted by molar-refractivity contribution is 0.196. The predicted octanol–water partition coefficient (Wildman–Crippen LogP) is 1.52. The first-order valence-electron chi connectivity index (χ1n) is 3.60. The Morgan fingerprint density at radius 2 is 2.42 bits per heavy atom. The highest BCUT2D eigenvalue weighted by Gasteiger charge is 1.98. The molecule has 0 unspecified atom stereocenters. The highest BCUT2D eigenvalue weighted by molar-refractivity contribution is 9.10.